The summed E-state index contributed by atoms with van der Waals surface area (Å²) < 4.78 is 122. The monoisotopic (exact) mass is 646 g/mol. The molecule has 44 heavy (non-hydrogen) atoms. The van der Waals surface area contributed by atoms with Gasteiger partial charge in [-0.25, -0.2) is 4.79 Å². The van der Waals surface area contributed by atoms with Crippen LogP contribution in [0.25, 0.3) is 0 Å². The van der Waals surface area contributed by atoms with E-state index in [1.165, 1.54) is 6.07 Å². The number of fused-ring (bicyclic) bond motifs is 2. The van der Waals surface area contributed by atoms with Crippen molar-refractivity contribution in [3.05, 3.63) is 29.3 Å². The van der Waals surface area contributed by atoms with E-state index in [9.17, 15) is 54.2 Å². The molecule has 4 aliphatic heterocycles. The number of aliphatic carboxylic acids is 1. The number of carbonyl (C=O) groups excluding carboxylic acids is 1. The molecule has 246 valence electrons. The van der Waals surface area contributed by atoms with Crippen LogP contribution in [0.4, 0.5) is 50.0 Å². The summed E-state index contributed by atoms with van der Waals surface area (Å²) in [5.41, 5.74) is -0.380. The van der Waals surface area contributed by atoms with Crippen molar-refractivity contribution >= 4 is 17.7 Å². The number of nitrogens with one attached hydrogen (secondary N) is 1. The number of halogens is 9. The molecule has 1 amide bonds. The molecule has 2 N–H and O–H groups in total. The van der Waals surface area contributed by atoms with Gasteiger partial charge >= 0.3 is 30.6 Å². The van der Waals surface area contributed by atoms with Gasteiger partial charge in [-0.05, 0) is 62.3 Å². The molecule has 3 unspecified atom stereocenters. The number of hydrogen-bond acceptors (Lipinski definition) is 6. The average Bonchev–Trinajstić information content (AvgIpc) is 3.60. The molecule has 0 saturated carbocycles. The normalized spacial score (nSPS) is 25.8. The fraction of sp³-hybridized carbons (Fsp3) is 0.704. The van der Waals surface area contributed by atoms with E-state index in [1.807, 2.05) is 4.90 Å². The van der Waals surface area contributed by atoms with Gasteiger partial charge < -0.3 is 25.0 Å². The number of piperazine rings is 1. The van der Waals surface area contributed by atoms with Crippen LogP contribution >= 0.6 is 0 Å². The number of likely N-dealkylation sites (tertiary alicyclic amines) is 2. The third-order valence-electron chi connectivity index (χ3n) is 9.36. The molecule has 8 nitrogen and oxygen atoms in total. The predicted molar refractivity (Wildman–Crippen MR) is 136 cm³/mol. The molecule has 0 radical (unpaired) electrons. The number of rotatable bonds is 6. The predicted octanol–water partition coefficient (Wildman–Crippen LogP) is 4.67. The van der Waals surface area contributed by atoms with Crippen molar-refractivity contribution in [1.29, 1.82) is 0 Å². The van der Waals surface area contributed by atoms with Crippen LogP contribution in [-0.4, -0.2) is 102 Å². The maximum Gasteiger partial charge on any atom is 0.434 e. The number of piperidine rings is 1. The molecule has 1 aromatic rings. The van der Waals surface area contributed by atoms with Gasteiger partial charge in [0.2, 0.25) is 0 Å². The highest BCUT2D eigenvalue weighted by Crippen LogP contribution is 2.44. The lowest BCUT2D eigenvalue weighted by molar-refractivity contribution is -0.308. The molecule has 3 atom stereocenters. The fourth-order valence-electron chi connectivity index (χ4n) is 7.24. The largest absolute Gasteiger partial charge is 0.480 e. The Kier molecular flexibility index (Phi) is 8.44. The third kappa shape index (κ3) is 6.53. The number of carboxylic acid groups (broad SMARTS) is 1. The van der Waals surface area contributed by atoms with Gasteiger partial charge in [-0.15, -0.1) is 0 Å². The number of nitrogens with zero attached hydrogens (tertiary/aromatic N) is 3. The standard InChI is InChI=1S/C27H31F9N4O4/c28-25(29,30)17-2-1-15(20(10-17)40-13-18-11-19(40)12-39(18)14-21(41)42)9-16-3-6-37-24(16)4-7-38(8-5-24)23(43)44-22(26(31,32)33)27(34,35)36/h1-2,10,16,18-19,22,37H,3-9,11-14H2,(H,41,42). The first-order valence-corrected chi connectivity index (χ1v) is 14.1. The number of alkyl halides is 9. The molecule has 4 fully saturated rings. The van der Waals surface area contributed by atoms with Crippen LogP contribution in [0, 0.1) is 5.92 Å². The van der Waals surface area contributed by atoms with E-state index in [-0.39, 0.29) is 50.5 Å². The van der Waals surface area contributed by atoms with Crippen molar-refractivity contribution in [2.75, 3.05) is 44.2 Å². The van der Waals surface area contributed by atoms with Gasteiger partial charge in [0.05, 0.1) is 12.1 Å². The molecule has 1 aromatic carbocycles. The maximum absolute atomic E-state index is 13.7. The topological polar surface area (TPSA) is 85.4 Å². The summed E-state index contributed by atoms with van der Waals surface area (Å²) in [6.45, 7) is 0.817. The van der Waals surface area contributed by atoms with E-state index in [0.29, 0.717) is 50.1 Å². The lowest BCUT2D eigenvalue weighted by Gasteiger charge is -2.43. The Hall–Kier alpha value is -2.95. The fourth-order valence-corrected chi connectivity index (χ4v) is 7.24. The average molecular weight is 647 g/mol. The Morgan fingerprint density at radius 1 is 1.00 bits per heavy atom. The zero-order valence-electron chi connectivity index (χ0n) is 23.2. The highest BCUT2D eigenvalue weighted by molar-refractivity contribution is 5.69. The molecular weight excluding hydrogens is 615 g/mol. The number of hydrogen-bond donors (Lipinski definition) is 2. The summed E-state index contributed by atoms with van der Waals surface area (Å²) in [7, 11) is 0. The molecule has 4 heterocycles. The lowest BCUT2D eigenvalue weighted by Crippen LogP contribution is -2.56. The van der Waals surface area contributed by atoms with E-state index in [0.717, 1.165) is 17.0 Å². The van der Waals surface area contributed by atoms with Crippen LogP contribution in [-0.2, 0) is 22.1 Å². The summed E-state index contributed by atoms with van der Waals surface area (Å²) in [6, 6.07) is 3.28. The summed E-state index contributed by atoms with van der Waals surface area (Å²) in [5.74, 6) is -1.12. The molecule has 0 aliphatic carbocycles. The molecule has 1 spiro atoms. The van der Waals surface area contributed by atoms with Crippen molar-refractivity contribution in [3.63, 3.8) is 0 Å². The zero-order valence-corrected chi connectivity index (χ0v) is 23.2. The van der Waals surface area contributed by atoms with Crippen molar-refractivity contribution in [3.8, 4) is 0 Å². The SMILES string of the molecule is O=C(O)CN1CC2CC1CN2c1cc(C(F)(F)F)ccc1CC1CCNC12CCN(C(=O)OC(C(F)(F)F)C(F)(F)F)CC2. The van der Waals surface area contributed by atoms with Gasteiger partial charge in [-0.3, -0.25) is 9.69 Å². The molecule has 2 bridgehead atoms. The smallest absolute Gasteiger partial charge is 0.434 e. The van der Waals surface area contributed by atoms with Crippen LogP contribution in [0.5, 0.6) is 0 Å². The first-order chi connectivity index (χ1) is 20.4. The summed E-state index contributed by atoms with van der Waals surface area (Å²) in [4.78, 5) is 28.0. The summed E-state index contributed by atoms with van der Waals surface area (Å²) in [6.07, 6.45) is -20.2. The van der Waals surface area contributed by atoms with Gasteiger partial charge in [-0.2, -0.15) is 39.5 Å². The van der Waals surface area contributed by atoms with Crippen LogP contribution in [0.15, 0.2) is 18.2 Å². The number of ether oxygens (including phenoxy) is 1. The quantitative estimate of drug-likeness (QED) is 0.435. The number of anilines is 1. The van der Waals surface area contributed by atoms with E-state index in [1.54, 1.807) is 4.90 Å². The number of carboxylic acids is 1. The Labute approximate surface area is 246 Å². The van der Waals surface area contributed by atoms with E-state index >= 15 is 0 Å². The summed E-state index contributed by atoms with van der Waals surface area (Å²) in [5, 5.41) is 12.6. The third-order valence-corrected chi connectivity index (χ3v) is 9.36. The van der Waals surface area contributed by atoms with Gasteiger partial charge in [0.25, 0.3) is 6.10 Å². The minimum atomic E-state index is -5.83. The second-order valence-electron chi connectivity index (χ2n) is 12.0. The minimum absolute atomic E-state index is 0.114. The van der Waals surface area contributed by atoms with E-state index in [2.05, 4.69) is 10.1 Å². The number of benzene rings is 1. The number of amides is 1. The van der Waals surface area contributed by atoms with Crippen LogP contribution < -0.4 is 10.2 Å². The molecule has 5 rings (SSSR count). The first kappa shape index (κ1) is 32.4. The summed E-state index contributed by atoms with van der Waals surface area (Å²) >= 11 is 0. The zero-order chi connectivity index (χ0) is 32.2. The Morgan fingerprint density at radius 3 is 2.20 bits per heavy atom. The van der Waals surface area contributed by atoms with E-state index in [4.69, 9.17) is 0 Å². The minimum Gasteiger partial charge on any atom is -0.480 e. The molecule has 4 aliphatic rings. The first-order valence-electron chi connectivity index (χ1n) is 14.1. The highest BCUT2D eigenvalue weighted by Gasteiger charge is 2.60. The van der Waals surface area contributed by atoms with Gasteiger partial charge in [-0.1, -0.05) is 6.07 Å². The molecule has 0 aromatic heterocycles. The lowest BCUT2D eigenvalue weighted by atomic mass is 9.74. The molecule has 4 saturated heterocycles. The van der Waals surface area contributed by atoms with Crippen molar-refractivity contribution in [2.24, 2.45) is 5.92 Å². The number of carbonyl (C=O) groups is 2. The highest BCUT2D eigenvalue weighted by atomic mass is 19.4. The van der Waals surface area contributed by atoms with Gasteiger partial charge in [0, 0.05) is 49.5 Å². The Morgan fingerprint density at radius 2 is 1.66 bits per heavy atom. The Balaban J connectivity index is 1.30. The van der Waals surface area contributed by atoms with Crippen LogP contribution in [0.2, 0.25) is 0 Å². The van der Waals surface area contributed by atoms with Gasteiger partial charge in [0.15, 0.2) is 0 Å². The van der Waals surface area contributed by atoms with E-state index < -0.39 is 47.8 Å². The van der Waals surface area contributed by atoms with Gasteiger partial charge in [0.1, 0.15) is 0 Å². The molecule has 17 heteroatoms. The van der Waals surface area contributed by atoms with Crippen molar-refractivity contribution in [1.82, 2.24) is 15.1 Å². The Bertz CT molecular complexity index is 1230. The van der Waals surface area contributed by atoms with Crippen molar-refractivity contribution in [2.45, 2.75) is 74.4 Å². The second kappa shape index (κ2) is 11.4. The molecular formula is C27H31F9N4O4. The van der Waals surface area contributed by atoms with Crippen molar-refractivity contribution < 1.29 is 58.9 Å². The van der Waals surface area contributed by atoms with Crippen LogP contribution in [0.1, 0.15) is 36.8 Å². The van der Waals surface area contributed by atoms with Crippen LogP contribution in [0.3, 0.4) is 0 Å². The maximum atomic E-state index is 13.7. The second-order valence-corrected chi connectivity index (χ2v) is 12.0.